The third-order valence-electron chi connectivity index (χ3n) is 2.88. The summed E-state index contributed by atoms with van der Waals surface area (Å²) in [4.78, 5) is 11.7. The van der Waals surface area contributed by atoms with Gasteiger partial charge in [0.05, 0.1) is 20.6 Å². The summed E-state index contributed by atoms with van der Waals surface area (Å²) in [6.45, 7) is 0. The highest BCUT2D eigenvalue weighted by molar-refractivity contribution is 6.43. The maximum atomic E-state index is 11.7. The van der Waals surface area contributed by atoms with Crippen LogP contribution in [0.5, 0.6) is 5.75 Å². The second-order valence-corrected chi connectivity index (χ2v) is 5.45. The van der Waals surface area contributed by atoms with Crippen molar-refractivity contribution in [1.29, 1.82) is 0 Å². The lowest BCUT2D eigenvalue weighted by molar-refractivity contribution is 0.0712. The Morgan fingerprint density at radius 3 is 2.38 bits per heavy atom. The molecule has 0 aliphatic carbocycles. The molecular formula is C15H7Cl3O3. The summed E-state index contributed by atoms with van der Waals surface area (Å²) in [7, 11) is 0. The van der Waals surface area contributed by atoms with Gasteiger partial charge in [0.15, 0.2) is 5.76 Å². The monoisotopic (exact) mass is 340 g/mol. The van der Waals surface area contributed by atoms with Crippen molar-refractivity contribution in [3.8, 4) is 5.75 Å². The average Bonchev–Trinajstić information content (AvgIpc) is 2.79. The van der Waals surface area contributed by atoms with Crippen molar-refractivity contribution in [1.82, 2.24) is 0 Å². The number of fused-ring (bicyclic) bond motifs is 1. The summed E-state index contributed by atoms with van der Waals surface area (Å²) in [6.07, 6.45) is 1.31. The number of hydrogen-bond donors (Lipinski definition) is 0. The average molecular weight is 342 g/mol. The van der Waals surface area contributed by atoms with E-state index < -0.39 is 5.97 Å². The minimum Gasteiger partial charge on any atom is -0.459 e. The van der Waals surface area contributed by atoms with E-state index in [2.05, 4.69) is 0 Å². The van der Waals surface area contributed by atoms with Gasteiger partial charge in [-0.15, -0.1) is 0 Å². The first-order chi connectivity index (χ1) is 10.1. The Labute approximate surface area is 135 Å². The van der Waals surface area contributed by atoms with Gasteiger partial charge in [0.2, 0.25) is 0 Å². The van der Waals surface area contributed by atoms with Gasteiger partial charge in [-0.25, -0.2) is 4.79 Å². The summed E-state index contributed by atoms with van der Waals surface area (Å²) in [6, 6.07) is 10.00. The molecule has 2 aromatic carbocycles. The first kappa shape index (κ1) is 14.3. The Hall–Kier alpha value is -1.68. The van der Waals surface area contributed by atoms with Gasteiger partial charge in [-0.1, -0.05) is 53.0 Å². The van der Waals surface area contributed by atoms with E-state index in [1.165, 1.54) is 18.4 Å². The third kappa shape index (κ3) is 2.72. The molecule has 1 aliphatic heterocycles. The SMILES string of the molecule is O=C1O/C(=C/Oc2cc(Cl)c(Cl)cc2Cl)c2ccccc21. The smallest absolute Gasteiger partial charge is 0.344 e. The van der Waals surface area contributed by atoms with Gasteiger partial charge >= 0.3 is 5.97 Å². The second kappa shape index (κ2) is 5.60. The van der Waals surface area contributed by atoms with Gasteiger partial charge in [-0.2, -0.15) is 0 Å². The van der Waals surface area contributed by atoms with E-state index in [4.69, 9.17) is 44.3 Å². The van der Waals surface area contributed by atoms with Crippen LogP contribution in [0.1, 0.15) is 15.9 Å². The highest BCUT2D eigenvalue weighted by Crippen LogP contribution is 2.35. The van der Waals surface area contributed by atoms with Crippen LogP contribution in [0.3, 0.4) is 0 Å². The van der Waals surface area contributed by atoms with E-state index >= 15 is 0 Å². The van der Waals surface area contributed by atoms with Gasteiger partial charge < -0.3 is 9.47 Å². The molecule has 6 heteroatoms. The predicted molar refractivity (Wildman–Crippen MR) is 81.9 cm³/mol. The van der Waals surface area contributed by atoms with Gasteiger partial charge in [-0.05, 0) is 12.1 Å². The highest BCUT2D eigenvalue weighted by atomic mass is 35.5. The van der Waals surface area contributed by atoms with Crippen molar-refractivity contribution in [2.75, 3.05) is 0 Å². The fourth-order valence-corrected chi connectivity index (χ4v) is 2.47. The van der Waals surface area contributed by atoms with Crippen LogP contribution in [0.2, 0.25) is 15.1 Å². The van der Waals surface area contributed by atoms with Crippen LogP contribution in [-0.4, -0.2) is 5.97 Å². The Morgan fingerprint density at radius 1 is 0.952 bits per heavy atom. The third-order valence-corrected chi connectivity index (χ3v) is 3.90. The van der Waals surface area contributed by atoms with E-state index in [9.17, 15) is 4.79 Å². The van der Waals surface area contributed by atoms with Crippen molar-refractivity contribution in [3.05, 3.63) is 68.9 Å². The van der Waals surface area contributed by atoms with E-state index in [1.54, 1.807) is 24.3 Å². The Balaban J connectivity index is 1.92. The molecule has 0 amide bonds. The van der Waals surface area contributed by atoms with Crippen molar-refractivity contribution in [2.45, 2.75) is 0 Å². The molecular weight excluding hydrogens is 335 g/mol. The molecule has 0 saturated heterocycles. The number of rotatable bonds is 2. The molecule has 0 radical (unpaired) electrons. The fraction of sp³-hybridized carbons (Fsp3) is 0. The van der Waals surface area contributed by atoms with Crippen molar-refractivity contribution in [2.24, 2.45) is 0 Å². The van der Waals surface area contributed by atoms with E-state index in [1.807, 2.05) is 0 Å². The van der Waals surface area contributed by atoms with Crippen LogP contribution in [0.4, 0.5) is 0 Å². The molecule has 0 spiro atoms. The van der Waals surface area contributed by atoms with Gasteiger partial charge in [0.1, 0.15) is 12.0 Å². The second-order valence-electron chi connectivity index (χ2n) is 4.23. The molecule has 0 N–H and O–H groups in total. The predicted octanol–water partition coefficient (Wildman–Crippen LogP) is 5.19. The molecule has 0 atom stereocenters. The Morgan fingerprint density at radius 2 is 1.62 bits per heavy atom. The van der Waals surface area contributed by atoms with Crippen molar-refractivity contribution in [3.63, 3.8) is 0 Å². The number of hydrogen-bond acceptors (Lipinski definition) is 3. The fourth-order valence-electron chi connectivity index (χ4n) is 1.88. The summed E-state index contributed by atoms with van der Waals surface area (Å²) >= 11 is 17.8. The number of halogens is 3. The minimum absolute atomic E-state index is 0.304. The zero-order valence-electron chi connectivity index (χ0n) is 10.4. The largest absolute Gasteiger partial charge is 0.459 e. The van der Waals surface area contributed by atoms with Crippen molar-refractivity contribution < 1.29 is 14.3 Å². The molecule has 1 heterocycles. The summed E-state index contributed by atoms with van der Waals surface area (Å²) < 4.78 is 10.6. The van der Waals surface area contributed by atoms with Crippen LogP contribution in [0, 0.1) is 0 Å². The van der Waals surface area contributed by atoms with Crippen LogP contribution < -0.4 is 4.74 Å². The molecule has 106 valence electrons. The number of esters is 1. The van der Waals surface area contributed by atoms with Crippen molar-refractivity contribution >= 4 is 46.5 Å². The maximum absolute atomic E-state index is 11.7. The van der Waals surface area contributed by atoms with E-state index in [0.29, 0.717) is 37.7 Å². The molecule has 0 bridgehead atoms. The normalized spacial score (nSPS) is 15.0. The van der Waals surface area contributed by atoms with E-state index in [0.717, 1.165) is 0 Å². The number of carbonyl (C=O) groups excluding carboxylic acids is 1. The molecule has 21 heavy (non-hydrogen) atoms. The summed E-state index contributed by atoms with van der Waals surface area (Å²) in [5.74, 6) is 0.220. The number of carbonyl (C=O) groups is 1. The highest BCUT2D eigenvalue weighted by Gasteiger charge is 2.26. The number of benzene rings is 2. The van der Waals surface area contributed by atoms with Crippen LogP contribution in [-0.2, 0) is 4.74 Å². The summed E-state index contributed by atoms with van der Waals surface area (Å²) in [5, 5.41) is 0.955. The molecule has 3 rings (SSSR count). The molecule has 1 aliphatic rings. The number of ether oxygens (including phenoxy) is 2. The Kier molecular flexibility index (Phi) is 3.81. The van der Waals surface area contributed by atoms with Gasteiger partial charge in [0.25, 0.3) is 0 Å². The zero-order chi connectivity index (χ0) is 15.0. The lowest BCUT2D eigenvalue weighted by Gasteiger charge is -2.06. The van der Waals surface area contributed by atoms with Crippen LogP contribution in [0.15, 0.2) is 42.7 Å². The molecule has 3 nitrogen and oxygen atoms in total. The standard InChI is InChI=1S/C15H7Cl3O3/c16-10-5-12(18)13(6-11(10)17)20-7-14-8-3-1-2-4-9(8)15(19)21-14/h1-7H/b14-7+. The maximum Gasteiger partial charge on any atom is 0.344 e. The molecule has 0 aromatic heterocycles. The zero-order valence-corrected chi connectivity index (χ0v) is 12.7. The van der Waals surface area contributed by atoms with E-state index in [-0.39, 0.29) is 0 Å². The molecule has 0 unspecified atom stereocenters. The number of cyclic esters (lactones) is 1. The molecule has 0 saturated carbocycles. The lowest BCUT2D eigenvalue weighted by atomic mass is 10.1. The quantitative estimate of drug-likeness (QED) is 0.428. The topological polar surface area (TPSA) is 35.5 Å². The lowest BCUT2D eigenvalue weighted by Crippen LogP contribution is -1.93. The molecule has 2 aromatic rings. The molecule has 0 fully saturated rings. The first-order valence-corrected chi connectivity index (χ1v) is 7.02. The van der Waals surface area contributed by atoms with Crippen LogP contribution in [0.25, 0.3) is 5.76 Å². The summed E-state index contributed by atoms with van der Waals surface area (Å²) in [5.41, 5.74) is 1.16. The van der Waals surface area contributed by atoms with Crippen LogP contribution >= 0.6 is 34.8 Å². The van der Waals surface area contributed by atoms with Gasteiger partial charge in [-0.3, -0.25) is 0 Å². The first-order valence-electron chi connectivity index (χ1n) is 5.89. The Bertz CT molecular complexity index is 769. The van der Waals surface area contributed by atoms with Gasteiger partial charge in [0, 0.05) is 11.6 Å². The minimum atomic E-state index is -0.416.